The Morgan fingerprint density at radius 3 is 2.07 bits per heavy atom. The van der Waals surface area contributed by atoms with Crippen LogP contribution in [0.3, 0.4) is 0 Å². The van der Waals surface area contributed by atoms with E-state index < -0.39 is 10.6 Å². The summed E-state index contributed by atoms with van der Waals surface area (Å²) in [7, 11) is 0. The van der Waals surface area contributed by atoms with E-state index in [0.29, 0.717) is 27.7 Å². The Bertz CT molecular complexity index is 1190. The molecule has 3 aromatic carbocycles. The van der Waals surface area contributed by atoms with Crippen molar-refractivity contribution in [1.29, 1.82) is 0 Å². The van der Waals surface area contributed by atoms with Crippen LogP contribution in [0.25, 0.3) is 27.7 Å². The second-order valence-electron chi connectivity index (χ2n) is 5.88. The SMILES string of the molecule is O=c1c(O[N+](=O)[O-])c(-c2ccccc2)c2ccccc2n1-c1ccccc1. The van der Waals surface area contributed by atoms with Gasteiger partial charge in [-0.25, -0.2) is 0 Å². The van der Waals surface area contributed by atoms with Crippen molar-refractivity contribution in [2.75, 3.05) is 0 Å². The number of aromatic nitrogens is 1. The van der Waals surface area contributed by atoms with E-state index >= 15 is 0 Å². The zero-order valence-electron chi connectivity index (χ0n) is 14.1. The van der Waals surface area contributed by atoms with Gasteiger partial charge >= 0.3 is 0 Å². The van der Waals surface area contributed by atoms with Crippen molar-refractivity contribution in [2.24, 2.45) is 0 Å². The summed E-state index contributed by atoms with van der Waals surface area (Å²) in [5.41, 5.74) is 1.73. The predicted molar refractivity (Wildman–Crippen MR) is 103 cm³/mol. The van der Waals surface area contributed by atoms with Crippen LogP contribution in [0.4, 0.5) is 0 Å². The number of hydrogen-bond donors (Lipinski definition) is 0. The quantitative estimate of drug-likeness (QED) is 0.404. The smallest absolute Gasteiger partial charge is 0.275 e. The van der Waals surface area contributed by atoms with Crippen LogP contribution in [-0.2, 0) is 0 Å². The van der Waals surface area contributed by atoms with Crippen LogP contribution in [0, 0.1) is 10.1 Å². The fourth-order valence-corrected chi connectivity index (χ4v) is 3.20. The first-order chi connectivity index (χ1) is 13.2. The largest absolute Gasteiger partial charge is 0.300 e. The number of nitrogens with zero attached hydrogens (tertiary/aromatic N) is 2. The van der Waals surface area contributed by atoms with Gasteiger partial charge in [0.2, 0.25) is 0 Å². The maximum atomic E-state index is 13.2. The molecule has 0 N–H and O–H groups in total. The molecule has 0 bridgehead atoms. The molecule has 0 atom stereocenters. The summed E-state index contributed by atoms with van der Waals surface area (Å²) < 4.78 is 1.43. The van der Waals surface area contributed by atoms with Gasteiger partial charge in [-0.2, -0.15) is 0 Å². The summed E-state index contributed by atoms with van der Waals surface area (Å²) in [5, 5.41) is 10.9. The lowest BCUT2D eigenvalue weighted by molar-refractivity contribution is -0.711. The van der Waals surface area contributed by atoms with E-state index in [1.807, 2.05) is 48.5 Å². The Kier molecular flexibility index (Phi) is 4.14. The maximum Gasteiger partial charge on any atom is 0.300 e. The monoisotopic (exact) mass is 358 g/mol. The van der Waals surface area contributed by atoms with E-state index in [2.05, 4.69) is 0 Å². The standard InChI is InChI=1S/C21H14N2O4/c24-21-20(27-23(25)26)19(15-9-3-1-4-10-15)17-13-7-8-14-18(17)22(21)16-11-5-2-6-12-16/h1-14H. The average molecular weight is 358 g/mol. The zero-order chi connectivity index (χ0) is 18.8. The normalized spacial score (nSPS) is 10.7. The molecular weight excluding hydrogens is 344 g/mol. The fraction of sp³-hybridized carbons (Fsp3) is 0. The fourth-order valence-electron chi connectivity index (χ4n) is 3.20. The van der Waals surface area contributed by atoms with E-state index in [-0.39, 0.29) is 5.75 Å². The molecule has 27 heavy (non-hydrogen) atoms. The molecule has 1 aromatic heterocycles. The van der Waals surface area contributed by atoms with E-state index in [0.717, 1.165) is 0 Å². The summed E-state index contributed by atoms with van der Waals surface area (Å²) in [6.07, 6.45) is 0. The van der Waals surface area contributed by atoms with Crippen molar-refractivity contribution < 1.29 is 9.92 Å². The highest BCUT2D eigenvalue weighted by molar-refractivity contribution is 5.98. The summed E-state index contributed by atoms with van der Waals surface area (Å²) in [6, 6.07) is 25.3. The van der Waals surface area contributed by atoms with E-state index in [1.54, 1.807) is 36.4 Å². The number of para-hydroxylation sites is 2. The summed E-state index contributed by atoms with van der Waals surface area (Å²) in [4.78, 5) is 29.2. The minimum Gasteiger partial charge on any atom is -0.275 e. The number of fused-ring (bicyclic) bond motifs is 1. The molecule has 0 saturated carbocycles. The van der Waals surface area contributed by atoms with Crippen molar-refractivity contribution in [1.82, 2.24) is 4.57 Å². The number of benzene rings is 3. The van der Waals surface area contributed by atoms with Crippen LogP contribution in [-0.4, -0.2) is 9.65 Å². The highest BCUT2D eigenvalue weighted by Crippen LogP contribution is 2.35. The van der Waals surface area contributed by atoms with Crippen LogP contribution in [0.15, 0.2) is 89.7 Å². The minimum atomic E-state index is -0.951. The van der Waals surface area contributed by atoms with E-state index in [1.165, 1.54) is 4.57 Å². The molecule has 1 heterocycles. The van der Waals surface area contributed by atoms with Crippen LogP contribution >= 0.6 is 0 Å². The third-order valence-corrected chi connectivity index (χ3v) is 4.28. The van der Waals surface area contributed by atoms with Crippen molar-refractivity contribution in [3.63, 3.8) is 0 Å². The molecule has 0 aliphatic heterocycles. The van der Waals surface area contributed by atoms with Crippen molar-refractivity contribution in [3.05, 3.63) is 105 Å². The molecular formula is C21H14N2O4. The molecule has 132 valence electrons. The maximum absolute atomic E-state index is 13.2. The average Bonchev–Trinajstić information content (AvgIpc) is 2.70. The lowest BCUT2D eigenvalue weighted by Gasteiger charge is -2.17. The second kappa shape index (κ2) is 6.76. The molecule has 6 heteroatoms. The highest BCUT2D eigenvalue weighted by atomic mass is 17.0. The first-order valence-corrected chi connectivity index (χ1v) is 8.28. The summed E-state index contributed by atoms with van der Waals surface area (Å²) in [6.45, 7) is 0. The summed E-state index contributed by atoms with van der Waals surface area (Å²) in [5.74, 6) is -0.311. The predicted octanol–water partition coefficient (Wildman–Crippen LogP) is 4.23. The Morgan fingerprint density at radius 2 is 1.41 bits per heavy atom. The molecule has 0 spiro atoms. The van der Waals surface area contributed by atoms with E-state index in [4.69, 9.17) is 4.84 Å². The van der Waals surface area contributed by atoms with Gasteiger partial charge in [0.1, 0.15) is 0 Å². The topological polar surface area (TPSA) is 74.4 Å². The van der Waals surface area contributed by atoms with Gasteiger partial charge < -0.3 is 0 Å². The molecule has 0 unspecified atom stereocenters. The van der Waals surface area contributed by atoms with Crippen LogP contribution < -0.4 is 10.4 Å². The Labute approximate surface area is 154 Å². The molecule has 4 aromatic rings. The van der Waals surface area contributed by atoms with Crippen LogP contribution in [0.1, 0.15) is 0 Å². The van der Waals surface area contributed by atoms with Gasteiger partial charge in [0.15, 0.2) is 5.75 Å². The van der Waals surface area contributed by atoms with Gasteiger partial charge in [0.05, 0.1) is 5.52 Å². The molecule has 0 radical (unpaired) electrons. The lowest BCUT2D eigenvalue weighted by atomic mass is 9.99. The first-order valence-electron chi connectivity index (χ1n) is 8.28. The summed E-state index contributed by atoms with van der Waals surface area (Å²) >= 11 is 0. The van der Waals surface area contributed by atoms with Gasteiger partial charge in [-0.3, -0.25) is 14.2 Å². The van der Waals surface area contributed by atoms with Crippen molar-refractivity contribution in [2.45, 2.75) is 0 Å². The van der Waals surface area contributed by atoms with Gasteiger partial charge in [0, 0.05) is 16.6 Å². The van der Waals surface area contributed by atoms with Crippen molar-refractivity contribution >= 4 is 10.9 Å². The molecule has 0 aliphatic rings. The minimum absolute atomic E-state index is 0.311. The molecule has 0 amide bonds. The van der Waals surface area contributed by atoms with Gasteiger partial charge in [-0.1, -0.05) is 66.7 Å². The van der Waals surface area contributed by atoms with Gasteiger partial charge in [-0.15, -0.1) is 10.1 Å². The molecule has 0 saturated heterocycles. The lowest BCUT2D eigenvalue weighted by Crippen LogP contribution is -2.24. The molecule has 6 nitrogen and oxygen atoms in total. The number of pyridine rings is 1. The van der Waals surface area contributed by atoms with E-state index in [9.17, 15) is 14.9 Å². The third kappa shape index (κ3) is 2.93. The molecule has 4 rings (SSSR count). The molecule has 0 fully saturated rings. The van der Waals surface area contributed by atoms with Crippen molar-refractivity contribution in [3.8, 4) is 22.6 Å². The van der Waals surface area contributed by atoms with Crippen LogP contribution in [0.5, 0.6) is 5.75 Å². The third-order valence-electron chi connectivity index (χ3n) is 4.28. The highest BCUT2D eigenvalue weighted by Gasteiger charge is 2.21. The number of hydrogen-bond acceptors (Lipinski definition) is 4. The Balaban J connectivity index is 2.18. The Morgan fingerprint density at radius 1 is 0.815 bits per heavy atom. The van der Waals surface area contributed by atoms with Gasteiger partial charge in [-0.05, 0) is 23.8 Å². The van der Waals surface area contributed by atoms with Crippen LogP contribution in [0.2, 0.25) is 0 Å². The second-order valence-corrected chi connectivity index (χ2v) is 5.88. The first kappa shape index (κ1) is 16.5. The zero-order valence-corrected chi connectivity index (χ0v) is 14.1. The Hall–Kier alpha value is -3.93. The molecule has 0 aliphatic carbocycles. The number of rotatable bonds is 4. The van der Waals surface area contributed by atoms with Gasteiger partial charge in [0.25, 0.3) is 10.6 Å².